The van der Waals surface area contributed by atoms with Crippen molar-refractivity contribution in [3.63, 3.8) is 0 Å². The van der Waals surface area contributed by atoms with E-state index in [-0.39, 0.29) is 24.2 Å². The number of Topliss-reactive ketones (excluding diaryl/α,β-unsaturated/α-hetero) is 1. The molecule has 5 heteroatoms. The van der Waals surface area contributed by atoms with Gasteiger partial charge in [-0.1, -0.05) is 0 Å². The monoisotopic (exact) mass is 226 g/mol. The molecule has 3 rings (SSSR count). The highest BCUT2D eigenvalue weighted by Gasteiger charge is 2.64. The molecule has 0 spiro atoms. The predicted molar refractivity (Wildman–Crippen MR) is 52.1 cm³/mol. The maximum atomic E-state index is 11.4. The Labute approximate surface area is 92.7 Å². The van der Waals surface area contributed by atoms with Gasteiger partial charge in [0.25, 0.3) is 0 Å². The summed E-state index contributed by atoms with van der Waals surface area (Å²) in [6.45, 7) is 1.54. The minimum absolute atomic E-state index is 0.0685. The lowest BCUT2D eigenvalue weighted by molar-refractivity contribution is -0.123. The zero-order valence-electron chi connectivity index (χ0n) is 8.92. The zero-order valence-corrected chi connectivity index (χ0v) is 8.92. The van der Waals surface area contributed by atoms with Crippen LogP contribution in [-0.4, -0.2) is 40.6 Å². The van der Waals surface area contributed by atoms with Crippen LogP contribution in [0.25, 0.3) is 0 Å². The van der Waals surface area contributed by atoms with Crippen LogP contribution in [0.3, 0.4) is 0 Å². The molecule has 0 aromatic carbocycles. The van der Waals surface area contributed by atoms with Crippen LogP contribution in [0.4, 0.5) is 0 Å². The Morgan fingerprint density at radius 3 is 3.06 bits per heavy atom. The third-order valence-corrected chi connectivity index (χ3v) is 3.97. The highest BCUT2D eigenvalue weighted by atomic mass is 16.7. The van der Waals surface area contributed by atoms with Crippen LogP contribution >= 0.6 is 0 Å². The topological polar surface area (TPSA) is 76.0 Å². The summed E-state index contributed by atoms with van der Waals surface area (Å²) in [7, 11) is 0. The first-order chi connectivity index (χ1) is 7.54. The van der Waals surface area contributed by atoms with Crippen molar-refractivity contribution < 1.29 is 24.5 Å². The molecule has 2 fully saturated rings. The number of hydrogen-bond donors (Lipinski definition) is 2. The summed E-state index contributed by atoms with van der Waals surface area (Å²) in [6.07, 6.45) is 0.431. The van der Waals surface area contributed by atoms with Crippen LogP contribution in [0.15, 0.2) is 11.8 Å². The molecule has 2 N–H and O–H groups in total. The molecule has 0 bridgehead atoms. The molecule has 0 unspecified atom stereocenters. The quantitative estimate of drug-likeness (QED) is 0.634. The van der Waals surface area contributed by atoms with E-state index in [4.69, 9.17) is 9.47 Å². The van der Waals surface area contributed by atoms with E-state index >= 15 is 0 Å². The number of carbonyl (C=O) groups is 1. The zero-order chi connectivity index (χ0) is 11.5. The molecular weight excluding hydrogens is 212 g/mol. The van der Waals surface area contributed by atoms with Gasteiger partial charge in [0.1, 0.15) is 5.60 Å². The fraction of sp³-hybridized carbons (Fsp3) is 0.727. The van der Waals surface area contributed by atoms with Gasteiger partial charge in [-0.15, -0.1) is 0 Å². The SMILES string of the molecule is CC(=O)C1=CO[C@@H]2OC[C@@]3(O)[C@@H]2[C@@H]1C[C@H]3O. The van der Waals surface area contributed by atoms with E-state index in [2.05, 4.69) is 0 Å². The van der Waals surface area contributed by atoms with Crippen LogP contribution in [0.1, 0.15) is 13.3 Å². The summed E-state index contributed by atoms with van der Waals surface area (Å²) >= 11 is 0. The number of aliphatic hydroxyl groups excluding tert-OH is 1. The molecular formula is C11H14O5. The normalized spacial score (nSPS) is 49.6. The largest absolute Gasteiger partial charge is 0.472 e. The average molecular weight is 226 g/mol. The van der Waals surface area contributed by atoms with Crippen LogP contribution in [-0.2, 0) is 14.3 Å². The summed E-state index contributed by atoms with van der Waals surface area (Å²) in [5.41, 5.74) is -0.716. The molecule has 0 radical (unpaired) electrons. The number of carbonyl (C=O) groups excluding carboxylic acids is 1. The van der Waals surface area contributed by atoms with Crippen molar-refractivity contribution in [2.45, 2.75) is 31.3 Å². The Morgan fingerprint density at radius 2 is 2.38 bits per heavy atom. The third-order valence-electron chi connectivity index (χ3n) is 3.97. The van der Waals surface area contributed by atoms with E-state index in [1.807, 2.05) is 0 Å². The molecule has 1 aliphatic carbocycles. The van der Waals surface area contributed by atoms with E-state index < -0.39 is 18.0 Å². The van der Waals surface area contributed by atoms with Crippen LogP contribution in [0.2, 0.25) is 0 Å². The standard InChI is InChI=1S/C11H14O5/c1-5(12)7-3-15-10-9-6(7)2-8(13)11(9,14)4-16-10/h3,6,8-10,13-14H,2,4H2,1H3/t6-,8-,9-,10-,11+/m1/s1. The molecule has 0 aromatic rings. The number of rotatable bonds is 1. The molecule has 2 aliphatic heterocycles. The van der Waals surface area contributed by atoms with Crippen LogP contribution < -0.4 is 0 Å². The second kappa shape index (κ2) is 3.06. The Morgan fingerprint density at radius 1 is 1.62 bits per heavy atom. The van der Waals surface area contributed by atoms with Gasteiger partial charge in [-0.2, -0.15) is 0 Å². The molecule has 5 atom stereocenters. The highest BCUT2D eigenvalue weighted by molar-refractivity contribution is 5.93. The van der Waals surface area contributed by atoms with Gasteiger partial charge in [0, 0.05) is 11.5 Å². The fourth-order valence-electron chi connectivity index (χ4n) is 3.11. The number of allylic oxidation sites excluding steroid dienone is 1. The van der Waals surface area contributed by atoms with E-state index in [1.165, 1.54) is 13.2 Å². The van der Waals surface area contributed by atoms with Crippen molar-refractivity contribution in [2.24, 2.45) is 11.8 Å². The third kappa shape index (κ3) is 1.08. The number of aliphatic hydroxyl groups is 2. The summed E-state index contributed by atoms with van der Waals surface area (Å²) in [6, 6.07) is 0. The van der Waals surface area contributed by atoms with Crippen molar-refractivity contribution in [3.05, 3.63) is 11.8 Å². The first kappa shape index (κ1) is 10.3. The minimum atomic E-state index is -1.26. The van der Waals surface area contributed by atoms with E-state index in [0.29, 0.717) is 12.0 Å². The van der Waals surface area contributed by atoms with Crippen molar-refractivity contribution in [2.75, 3.05) is 6.61 Å². The molecule has 3 aliphatic rings. The van der Waals surface area contributed by atoms with Crippen molar-refractivity contribution in [1.29, 1.82) is 0 Å². The van der Waals surface area contributed by atoms with Crippen molar-refractivity contribution in [1.82, 2.24) is 0 Å². The predicted octanol–water partition coefficient (Wildman–Crippen LogP) is -0.426. The smallest absolute Gasteiger partial charge is 0.205 e. The molecule has 5 nitrogen and oxygen atoms in total. The second-order valence-corrected chi connectivity index (χ2v) is 4.82. The molecule has 1 saturated carbocycles. The van der Waals surface area contributed by atoms with Crippen molar-refractivity contribution >= 4 is 5.78 Å². The Balaban J connectivity index is 2.02. The van der Waals surface area contributed by atoms with E-state index in [1.54, 1.807) is 0 Å². The van der Waals surface area contributed by atoms with E-state index in [0.717, 1.165) is 0 Å². The first-order valence-corrected chi connectivity index (χ1v) is 5.42. The average Bonchev–Trinajstić information content (AvgIpc) is 2.69. The van der Waals surface area contributed by atoms with Gasteiger partial charge in [-0.3, -0.25) is 4.79 Å². The van der Waals surface area contributed by atoms with Crippen molar-refractivity contribution in [3.8, 4) is 0 Å². The molecule has 0 amide bonds. The van der Waals surface area contributed by atoms with Crippen LogP contribution in [0.5, 0.6) is 0 Å². The second-order valence-electron chi connectivity index (χ2n) is 4.82. The van der Waals surface area contributed by atoms with E-state index in [9.17, 15) is 15.0 Å². The summed E-state index contributed by atoms with van der Waals surface area (Å²) in [5.74, 6) is -0.558. The first-order valence-electron chi connectivity index (χ1n) is 5.42. The number of ketones is 1. The lowest BCUT2D eigenvalue weighted by Crippen LogP contribution is -2.45. The molecule has 2 heterocycles. The van der Waals surface area contributed by atoms with Gasteiger partial charge in [0.05, 0.1) is 24.9 Å². The Hall–Kier alpha value is -0.910. The van der Waals surface area contributed by atoms with Gasteiger partial charge in [0.2, 0.25) is 6.29 Å². The summed E-state index contributed by atoms with van der Waals surface area (Å²) in [5, 5.41) is 20.2. The molecule has 1 saturated heterocycles. The Kier molecular flexibility index (Phi) is 1.96. The van der Waals surface area contributed by atoms with Crippen LogP contribution in [0, 0.1) is 11.8 Å². The molecule has 16 heavy (non-hydrogen) atoms. The number of hydrogen-bond acceptors (Lipinski definition) is 5. The lowest BCUT2D eigenvalue weighted by Gasteiger charge is -2.31. The minimum Gasteiger partial charge on any atom is -0.472 e. The summed E-state index contributed by atoms with van der Waals surface area (Å²) in [4.78, 5) is 11.4. The van der Waals surface area contributed by atoms with Gasteiger partial charge < -0.3 is 19.7 Å². The summed E-state index contributed by atoms with van der Waals surface area (Å²) < 4.78 is 10.6. The maximum absolute atomic E-state index is 11.4. The number of ether oxygens (including phenoxy) is 2. The van der Waals surface area contributed by atoms with Gasteiger partial charge in [-0.05, 0) is 13.3 Å². The maximum Gasteiger partial charge on any atom is 0.205 e. The van der Waals surface area contributed by atoms with Gasteiger partial charge >= 0.3 is 0 Å². The molecule has 88 valence electrons. The fourth-order valence-corrected chi connectivity index (χ4v) is 3.11. The molecule has 0 aromatic heterocycles. The lowest BCUT2D eigenvalue weighted by atomic mass is 9.81. The Bertz CT molecular complexity index is 377. The van der Waals surface area contributed by atoms with Gasteiger partial charge in [-0.25, -0.2) is 0 Å². The highest BCUT2D eigenvalue weighted by Crippen LogP contribution is 2.52. The van der Waals surface area contributed by atoms with Gasteiger partial charge in [0.15, 0.2) is 5.78 Å².